The molecule has 30 heavy (non-hydrogen) atoms. The minimum absolute atomic E-state index is 0.0641. The zero-order valence-electron chi connectivity index (χ0n) is 16.6. The molecule has 1 aromatic carbocycles. The molecule has 158 valence electrons. The van der Waals surface area contributed by atoms with Crippen molar-refractivity contribution in [1.82, 2.24) is 4.98 Å². The highest BCUT2D eigenvalue weighted by atomic mass is 19.3. The first-order chi connectivity index (χ1) is 14.4. The van der Waals surface area contributed by atoms with Gasteiger partial charge in [0, 0.05) is 36.9 Å². The molecule has 6 heteroatoms. The van der Waals surface area contributed by atoms with E-state index in [9.17, 15) is 13.2 Å². The minimum atomic E-state index is -2.59. The van der Waals surface area contributed by atoms with Crippen molar-refractivity contribution in [2.45, 2.75) is 37.4 Å². The standard InChI is InChI=1S/C24H24F3NO2/c25-19-3-1-2-16(12-19)17-4-5-20(28-15-17)6-7-22-21-8-9-23(26,27)13-18(21)14-24(22)29-10-11-30-24/h1-7,12,15,18,21-22H,8-11,13-14H2/b7-6+/t18-,21+,22-/m0/s1. The molecular weight excluding hydrogens is 391 g/mol. The molecule has 1 aromatic heterocycles. The average Bonchev–Trinajstić information content (AvgIpc) is 3.30. The third kappa shape index (κ3) is 3.67. The van der Waals surface area contributed by atoms with Gasteiger partial charge >= 0.3 is 0 Å². The summed E-state index contributed by atoms with van der Waals surface area (Å²) in [6, 6.07) is 10.2. The Balaban J connectivity index is 1.37. The summed E-state index contributed by atoms with van der Waals surface area (Å²) in [5, 5.41) is 0. The second-order valence-electron chi connectivity index (χ2n) is 8.60. The molecule has 2 heterocycles. The number of aromatic nitrogens is 1. The van der Waals surface area contributed by atoms with Crippen LogP contribution in [-0.2, 0) is 9.47 Å². The first-order valence-corrected chi connectivity index (χ1v) is 10.5. The molecule has 3 aliphatic rings. The summed E-state index contributed by atoms with van der Waals surface area (Å²) in [6.45, 7) is 1.00. The SMILES string of the molecule is Fc1cccc(-c2ccc(/C=C/[C@H]3[C@@H]4CCC(F)(F)C[C@H]4CC34OCCO4)nc2)c1. The maximum atomic E-state index is 14.0. The van der Waals surface area contributed by atoms with E-state index in [4.69, 9.17) is 9.47 Å². The van der Waals surface area contributed by atoms with Crippen molar-refractivity contribution in [2.75, 3.05) is 13.2 Å². The highest BCUT2D eigenvalue weighted by Crippen LogP contribution is 2.57. The van der Waals surface area contributed by atoms with Gasteiger partial charge in [-0.1, -0.05) is 24.3 Å². The zero-order chi connectivity index (χ0) is 20.8. The molecule has 0 N–H and O–H groups in total. The first kappa shape index (κ1) is 19.8. The lowest BCUT2D eigenvalue weighted by atomic mass is 9.76. The van der Waals surface area contributed by atoms with Crippen LogP contribution in [0.25, 0.3) is 17.2 Å². The summed E-state index contributed by atoms with van der Waals surface area (Å²) in [7, 11) is 0. The molecule has 0 radical (unpaired) electrons. The van der Waals surface area contributed by atoms with Crippen molar-refractivity contribution < 1.29 is 22.6 Å². The maximum absolute atomic E-state index is 14.0. The molecule has 0 bridgehead atoms. The van der Waals surface area contributed by atoms with Gasteiger partial charge in [0.25, 0.3) is 0 Å². The fourth-order valence-corrected chi connectivity index (χ4v) is 5.39. The smallest absolute Gasteiger partial charge is 0.248 e. The molecule has 2 saturated carbocycles. The van der Waals surface area contributed by atoms with E-state index in [-0.39, 0.29) is 36.4 Å². The van der Waals surface area contributed by atoms with Gasteiger partial charge in [-0.3, -0.25) is 4.98 Å². The Bertz CT molecular complexity index is 938. The van der Waals surface area contributed by atoms with Crippen molar-refractivity contribution in [3.8, 4) is 11.1 Å². The van der Waals surface area contributed by atoms with Crippen LogP contribution in [-0.4, -0.2) is 29.9 Å². The zero-order valence-corrected chi connectivity index (χ0v) is 16.6. The summed E-state index contributed by atoms with van der Waals surface area (Å²) >= 11 is 0. The maximum Gasteiger partial charge on any atom is 0.248 e. The summed E-state index contributed by atoms with van der Waals surface area (Å²) in [5.41, 5.74) is 2.36. The Labute approximate surface area is 173 Å². The van der Waals surface area contributed by atoms with Gasteiger partial charge in [-0.15, -0.1) is 0 Å². The fraction of sp³-hybridized carbons (Fsp3) is 0.458. The highest BCUT2D eigenvalue weighted by Gasteiger charge is 2.59. The van der Waals surface area contributed by atoms with Gasteiger partial charge in [0.1, 0.15) is 5.82 Å². The molecule has 1 aliphatic heterocycles. The molecule has 5 rings (SSSR count). The number of hydrogen-bond acceptors (Lipinski definition) is 3. The Hall–Kier alpha value is -2.18. The molecule has 3 nitrogen and oxygen atoms in total. The second kappa shape index (κ2) is 7.50. The number of ether oxygens (including phenoxy) is 2. The van der Waals surface area contributed by atoms with Gasteiger partial charge in [-0.25, -0.2) is 13.2 Å². The molecule has 3 fully saturated rings. The number of fused-ring (bicyclic) bond motifs is 1. The van der Waals surface area contributed by atoms with Gasteiger partial charge in [0.05, 0.1) is 18.9 Å². The number of pyridine rings is 1. The van der Waals surface area contributed by atoms with Crippen LogP contribution in [0.3, 0.4) is 0 Å². The van der Waals surface area contributed by atoms with Crippen molar-refractivity contribution >= 4 is 6.08 Å². The van der Waals surface area contributed by atoms with Gasteiger partial charge in [0.2, 0.25) is 5.92 Å². The van der Waals surface area contributed by atoms with E-state index in [1.165, 1.54) is 12.1 Å². The normalized spacial score (nSPS) is 29.5. The fourth-order valence-electron chi connectivity index (χ4n) is 5.39. The van der Waals surface area contributed by atoms with Crippen LogP contribution in [0.5, 0.6) is 0 Å². The number of benzene rings is 1. The Morgan fingerprint density at radius 2 is 1.87 bits per heavy atom. The average molecular weight is 415 g/mol. The molecule has 2 aromatic rings. The molecule has 1 saturated heterocycles. The van der Waals surface area contributed by atoms with Crippen LogP contribution < -0.4 is 0 Å². The summed E-state index contributed by atoms with van der Waals surface area (Å²) in [6.07, 6.45) is 6.50. The van der Waals surface area contributed by atoms with Crippen LogP contribution in [0.4, 0.5) is 13.2 Å². The largest absolute Gasteiger partial charge is 0.347 e. The predicted molar refractivity (Wildman–Crippen MR) is 107 cm³/mol. The lowest BCUT2D eigenvalue weighted by Gasteiger charge is -2.34. The Kier molecular flexibility index (Phi) is 4.94. The second-order valence-corrected chi connectivity index (χ2v) is 8.60. The molecule has 2 aliphatic carbocycles. The van der Waals surface area contributed by atoms with Crippen LogP contribution in [0.1, 0.15) is 31.4 Å². The van der Waals surface area contributed by atoms with Crippen molar-refractivity contribution in [3.63, 3.8) is 0 Å². The topological polar surface area (TPSA) is 31.4 Å². The van der Waals surface area contributed by atoms with E-state index < -0.39 is 11.7 Å². The summed E-state index contributed by atoms with van der Waals surface area (Å²) < 4.78 is 53.3. The van der Waals surface area contributed by atoms with E-state index in [1.807, 2.05) is 30.4 Å². The van der Waals surface area contributed by atoms with Crippen molar-refractivity contribution in [1.29, 1.82) is 0 Å². The number of nitrogens with zero attached hydrogens (tertiary/aromatic N) is 1. The van der Waals surface area contributed by atoms with E-state index >= 15 is 0 Å². The van der Waals surface area contributed by atoms with E-state index in [0.29, 0.717) is 26.1 Å². The summed E-state index contributed by atoms with van der Waals surface area (Å²) in [5.74, 6) is -3.69. The molecular formula is C24H24F3NO2. The van der Waals surface area contributed by atoms with E-state index in [0.717, 1.165) is 16.8 Å². The van der Waals surface area contributed by atoms with Gasteiger partial charge in [-0.2, -0.15) is 0 Å². The predicted octanol–water partition coefficient (Wildman–Crippen LogP) is 5.72. The number of halogens is 3. The van der Waals surface area contributed by atoms with Crippen LogP contribution in [0.2, 0.25) is 0 Å². The third-order valence-corrected chi connectivity index (χ3v) is 6.72. The van der Waals surface area contributed by atoms with Crippen LogP contribution in [0.15, 0.2) is 48.7 Å². The third-order valence-electron chi connectivity index (χ3n) is 6.72. The molecule has 1 spiro atoms. The van der Waals surface area contributed by atoms with E-state index in [2.05, 4.69) is 4.98 Å². The van der Waals surface area contributed by atoms with Crippen molar-refractivity contribution in [3.05, 3.63) is 60.2 Å². The summed E-state index contributed by atoms with van der Waals surface area (Å²) in [4.78, 5) is 4.48. The molecule has 3 atom stereocenters. The number of hydrogen-bond donors (Lipinski definition) is 0. The van der Waals surface area contributed by atoms with Crippen LogP contribution in [0, 0.1) is 23.6 Å². The van der Waals surface area contributed by atoms with Gasteiger partial charge in [-0.05, 0) is 48.1 Å². The quantitative estimate of drug-likeness (QED) is 0.643. The van der Waals surface area contributed by atoms with E-state index in [1.54, 1.807) is 12.3 Å². The Morgan fingerprint density at radius 3 is 2.60 bits per heavy atom. The van der Waals surface area contributed by atoms with Gasteiger partial charge in [0.15, 0.2) is 5.79 Å². The highest BCUT2D eigenvalue weighted by molar-refractivity contribution is 5.63. The number of alkyl halides is 2. The van der Waals surface area contributed by atoms with Gasteiger partial charge < -0.3 is 9.47 Å². The monoisotopic (exact) mass is 415 g/mol. The lowest BCUT2D eigenvalue weighted by Crippen LogP contribution is -2.36. The lowest BCUT2D eigenvalue weighted by molar-refractivity contribution is -0.175. The number of rotatable bonds is 3. The Morgan fingerprint density at radius 1 is 1.03 bits per heavy atom. The molecule has 0 amide bonds. The minimum Gasteiger partial charge on any atom is -0.347 e. The van der Waals surface area contributed by atoms with Crippen molar-refractivity contribution in [2.24, 2.45) is 17.8 Å². The molecule has 0 unspecified atom stereocenters. The first-order valence-electron chi connectivity index (χ1n) is 10.5. The van der Waals surface area contributed by atoms with Crippen LogP contribution >= 0.6 is 0 Å².